The molecular weight excluding hydrogens is 242 g/mol. The molecule has 86 valence electrons. The molecule has 0 aliphatic rings. The lowest BCUT2D eigenvalue weighted by Gasteiger charge is -1.92. The number of rotatable bonds is 3. The van der Waals surface area contributed by atoms with Crippen LogP contribution in [0.2, 0.25) is 0 Å². The Hall–Kier alpha value is -0.910. The van der Waals surface area contributed by atoms with Crippen LogP contribution in [0, 0.1) is 0 Å². The van der Waals surface area contributed by atoms with Crippen LogP contribution in [0.1, 0.15) is 0 Å². The van der Waals surface area contributed by atoms with Crippen LogP contribution >= 0.6 is 0 Å². The fourth-order valence-corrected chi connectivity index (χ4v) is 1.90. The quantitative estimate of drug-likeness (QED) is 0.433. The van der Waals surface area contributed by atoms with E-state index in [0.29, 0.717) is 0 Å². The van der Waals surface area contributed by atoms with E-state index >= 15 is 0 Å². The molecule has 0 saturated heterocycles. The SMILES string of the molecule is NC(=O)O.O=S(=O)(O)CCS(=O)(=O)O. The van der Waals surface area contributed by atoms with Crippen LogP contribution in [-0.4, -0.2) is 48.6 Å². The van der Waals surface area contributed by atoms with Gasteiger partial charge in [-0.3, -0.25) is 9.11 Å². The number of hydrogen-bond donors (Lipinski definition) is 4. The molecule has 0 aromatic carbocycles. The Kier molecular flexibility index (Phi) is 6.38. The van der Waals surface area contributed by atoms with Gasteiger partial charge in [0.1, 0.15) is 0 Å². The Morgan fingerprint density at radius 3 is 1.21 bits per heavy atom. The third kappa shape index (κ3) is 30.4. The van der Waals surface area contributed by atoms with Crippen molar-refractivity contribution >= 4 is 26.3 Å². The van der Waals surface area contributed by atoms with Crippen LogP contribution in [0.4, 0.5) is 4.79 Å². The molecule has 14 heavy (non-hydrogen) atoms. The highest BCUT2D eigenvalue weighted by molar-refractivity contribution is 7.89. The average Bonchev–Trinajstić information content (AvgIpc) is 1.79. The molecule has 0 bridgehead atoms. The van der Waals surface area contributed by atoms with E-state index < -0.39 is 37.8 Å². The van der Waals surface area contributed by atoms with Crippen molar-refractivity contribution < 1.29 is 35.8 Å². The zero-order valence-electron chi connectivity index (χ0n) is 6.69. The number of carboxylic acid groups (broad SMARTS) is 1. The lowest BCUT2D eigenvalue weighted by molar-refractivity contribution is 0.205. The van der Waals surface area contributed by atoms with Gasteiger partial charge in [0, 0.05) is 0 Å². The third-order valence-electron chi connectivity index (χ3n) is 0.599. The molecule has 0 radical (unpaired) electrons. The highest BCUT2D eigenvalue weighted by Crippen LogP contribution is 1.86. The van der Waals surface area contributed by atoms with E-state index in [0.717, 1.165) is 0 Å². The van der Waals surface area contributed by atoms with Crippen LogP contribution in [0.25, 0.3) is 0 Å². The minimum Gasteiger partial charge on any atom is -0.465 e. The van der Waals surface area contributed by atoms with Gasteiger partial charge in [-0.2, -0.15) is 16.8 Å². The van der Waals surface area contributed by atoms with E-state index in [4.69, 9.17) is 19.0 Å². The maximum Gasteiger partial charge on any atom is 0.402 e. The summed E-state index contributed by atoms with van der Waals surface area (Å²) in [6.45, 7) is 0. The second-order valence-corrected chi connectivity index (χ2v) is 5.05. The van der Waals surface area contributed by atoms with Crippen LogP contribution in [0.15, 0.2) is 0 Å². The molecule has 0 unspecified atom stereocenters. The molecule has 0 fully saturated rings. The van der Waals surface area contributed by atoms with Crippen molar-refractivity contribution in [3.8, 4) is 0 Å². The lowest BCUT2D eigenvalue weighted by Crippen LogP contribution is -2.15. The highest BCUT2D eigenvalue weighted by Gasteiger charge is 2.11. The molecule has 0 rings (SSSR count). The molecule has 11 heteroatoms. The molecule has 0 saturated carbocycles. The fourth-order valence-electron chi connectivity index (χ4n) is 0.211. The van der Waals surface area contributed by atoms with Gasteiger partial charge < -0.3 is 10.8 Å². The first-order valence-electron chi connectivity index (χ1n) is 2.83. The van der Waals surface area contributed by atoms with E-state index in [1.807, 2.05) is 0 Å². The molecule has 1 amide bonds. The first-order valence-corrected chi connectivity index (χ1v) is 6.04. The van der Waals surface area contributed by atoms with Crippen molar-refractivity contribution in [1.29, 1.82) is 0 Å². The van der Waals surface area contributed by atoms with Gasteiger partial charge in [-0.15, -0.1) is 0 Å². The zero-order chi connectivity index (χ0) is 12.0. The fraction of sp³-hybridized carbons (Fsp3) is 0.667. The Bertz CT molecular complexity index is 329. The minimum atomic E-state index is -4.30. The topological polar surface area (TPSA) is 172 Å². The van der Waals surface area contributed by atoms with Crippen molar-refractivity contribution in [3.63, 3.8) is 0 Å². The summed E-state index contributed by atoms with van der Waals surface area (Å²) in [6.07, 6.45) is -1.33. The molecule has 0 spiro atoms. The maximum atomic E-state index is 9.86. The Labute approximate surface area is 80.0 Å². The van der Waals surface area contributed by atoms with Gasteiger partial charge >= 0.3 is 6.09 Å². The first-order chi connectivity index (χ1) is 5.94. The largest absolute Gasteiger partial charge is 0.465 e. The van der Waals surface area contributed by atoms with Crippen LogP contribution in [0.5, 0.6) is 0 Å². The second kappa shape index (κ2) is 5.74. The highest BCUT2D eigenvalue weighted by atomic mass is 32.2. The summed E-state index contributed by atoms with van der Waals surface area (Å²) < 4.78 is 55.4. The van der Waals surface area contributed by atoms with E-state index in [1.165, 1.54) is 0 Å². The van der Waals surface area contributed by atoms with Crippen molar-refractivity contribution in [2.45, 2.75) is 0 Å². The summed E-state index contributed by atoms with van der Waals surface area (Å²) in [7, 11) is -8.59. The predicted octanol–water partition coefficient (Wildman–Crippen LogP) is -1.61. The molecule has 0 aliphatic carbocycles. The van der Waals surface area contributed by atoms with Crippen molar-refractivity contribution in [2.24, 2.45) is 5.73 Å². The number of carbonyl (C=O) groups is 1. The monoisotopic (exact) mass is 251 g/mol. The molecule has 0 aromatic rings. The minimum absolute atomic E-state index is 0.980. The molecule has 0 heterocycles. The Morgan fingerprint density at radius 1 is 1.00 bits per heavy atom. The zero-order valence-corrected chi connectivity index (χ0v) is 8.32. The standard InChI is InChI=1S/C2H6O6S2.CH3NO2/c3-9(4,5)1-2-10(6,7)8;2-1(3)4/h1-2H2,(H,3,4,5)(H,6,7,8);2H2,(H,3,4). The number of nitrogens with two attached hydrogens (primary N) is 1. The summed E-state index contributed by atoms with van der Waals surface area (Å²) in [5.74, 6) is -1.96. The van der Waals surface area contributed by atoms with Gasteiger partial charge in [0.25, 0.3) is 20.2 Å². The number of amides is 1. The van der Waals surface area contributed by atoms with Gasteiger partial charge in [-0.25, -0.2) is 4.79 Å². The molecule has 9 nitrogen and oxygen atoms in total. The normalized spacial score (nSPS) is 11.3. The molecular formula is C3H9NO8S2. The molecule has 5 N–H and O–H groups in total. The summed E-state index contributed by atoms with van der Waals surface area (Å²) in [5, 5.41) is 7.19. The van der Waals surface area contributed by atoms with E-state index in [-0.39, 0.29) is 0 Å². The van der Waals surface area contributed by atoms with Crippen LogP contribution in [0.3, 0.4) is 0 Å². The van der Waals surface area contributed by atoms with Gasteiger partial charge in [0.15, 0.2) is 0 Å². The second-order valence-electron chi connectivity index (χ2n) is 1.91. The number of primary amides is 1. The summed E-state index contributed by atoms with van der Waals surface area (Å²) in [4.78, 5) is 8.78. The average molecular weight is 251 g/mol. The Balaban J connectivity index is 0. The van der Waals surface area contributed by atoms with Crippen molar-refractivity contribution in [2.75, 3.05) is 11.5 Å². The van der Waals surface area contributed by atoms with Crippen molar-refractivity contribution in [3.05, 3.63) is 0 Å². The lowest BCUT2D eigenvalue weighted by atomic mass is 11.0. The Morgan fingerprint density at radius 2 is 1.14 bits per heavy atom. The van der Waals surface area contributed by atoms with E-state index in [1.54, 1.807) is 0 Å². The van der Waals surface area contributed by atoms with E-state index in [9.17, 15) is 16.8 Å². The smallest absolute Gasteiger partial charge is 0.402 e. The maximum absolute atomic E-state index is 9.86. The predicted molar refractivity (Wildman–Crippen MR) is 45.0 cm³/mol. The van der Waals surface area contributed by atoms with Crippen LogP contribution < -0.4 is 5.73 Å². The third-order valence-corrected chi connectivity index (χ3v) is 2.30. The first kappa shape index (κ1) is 15.6. The molecule has 0 atom stereocenters. The summed E-state index contributed by atoms with van der Waals surface area (Å²) in [6, 6.07) is 0. The van der Waals surface area contributed by atoms with E-state index in [2.05, 4.69) is 5.73 Å². The molecule has 0 aromatic heterocycles. The number of hydrogen-bond acceptors (Lipinski definition) is 5. The molecule has 0 aliphatic heterocycles. The van der Waals surface area contributed by atoms with Gasteiger partial charge in [0.2, 0.25) is 0 Å². The van der Waals surface area contributed by atoms with Gasteiger partial charge in [-0.1, -0.05) is 0 Å². The van der Waals surface area contributed by atoms with Crippen LogP contribution in [-0.2, 0) is 20.2 Å². The summed E-state index contributed by atoms with van der Waals surface area (Å²) in [5.41, 5.74) is 4.03. The van der Waals surface area contributed by atoms with Crippen molar-refractivity contribution in [1.82, 2.24) is 0 Å². The van der Waals surface area contributed by atoms with Gasteiger partial charge in [0.05, 0.1) is 11.5 Å². The summed E-state index contributed by atoms with van der Waals surface area (Å²) >= 11 is 0. The van der Waals surface area contributed by atoms with Gasteiger partial charge in [-0.05, 0) is 0 Å².